The van der Waals surface area contributed by atoms with Gasteiger partial charge in [-0.25, -0.2) is 9.07 Å². The van der Waals surface area contributed by atoms with Crippen molar-refractivity contribution in [3.8, 4) is 0 Å². The molecule has 4 rings (SSSR count). The van der Waals surface area contributed by atoms with Crippen molar-refractivity contribution in [1.82, 2.24) is 25.5 Å². The lowest BCUT2D eigenvalue weighted by molar-refractivity contribution is 0.564. The molecule has 2 fully saturated rings. The highest BCUT2D eigenvalue weighted by Crippen LogP contribution is 2.39. The molecule has 0 radical (unpaired) electrons. The van der Waals surface area contributed by atoms with Crippen LogP contribution < -0.4 is 5.32 Å². The quantitative estimate of drug-likeness (QED) is 0.889. The fourth-order valence-electron chi connectivity index (χ4n) is 2.24. The minimum atomic E-state index is -0.168. The van der Waals surface area contributed by atoms with Crippen molar-refractivity contribution in [2.75, 3.05) is 0 Å². The molecule has 21 heavy (non-hydrogen) atoms. The van der Waals surface area contributed by atoms with Gasteiger partial charge in [-0.15, -0.1) is 5.10 Å². The van der Waals surface area contributed by atoms with Gasteiger partial charge < -0.3 is 5.32 Å². The Morgan fingerprint density at radius 2 is 2.14 bits per heavy atom. The normalized spacial score (nSPS) is 18.1. The summed E-state index contributed by atoms with van der Waals surface area (Å²) in [5, 5.41) is 16.0. The fourth-order valence-corrected chi connectivity index (χ4v) is 3.23. The van der Waals surface area contributed by atoms with E-state index in [1.807, 2.05) is 10.7 Å². The van der Waals surface area contributed by atoms with E-state index < -0.39 is 0 Å². The molecule has 0 aliphatic heterocycles. The topological polar surface area (TPSA) is 55.6 Å². The van der Waals surface area contributed by atoms with Crippen LogP contribution in [0.1, 0.15) is 37.3 Å². The van der Waals surface area contributed by atoms with Gasteiger partial charge in [0.2, 0.25) is 5.16 Å². The van der Waals surface area contributed by atoms with Crippen LogP contribution in [0.4, 0.5) is 4.39 Å². The third-order valence-corrected chi connectivity index (χ3v) is 4.83. The van der Waals surface area contributed by atoms with Gasteiger partial charge in [0, 0.05) is 23.0 Å². The van der Waals surface area contributed by atoms with E-state index in [1.54, 1.807) is 6.07 Å². The first-order valence-electron chi connectivity index (χ1n) is 7.28. The van der Waals surface area contributed by atoms with Crippen molar-refractivity contribution in [2.45, 2.75) is 54.4 Å². The molecule has 2 aliphatic rings. The molecule has 1 aromatic carbocycles. The molecule has 0 saturated heterocycles. The molecule has 110 valence electrons. The fraction of sp³-hybridized carbons (Fsp3) is 0.500. The maximum Gasteiger partial charge on any atom is 0.214 e. The summed E-state index contributed by atoms with van der Waals surface area (Å²) in [4.78, 5) is 0.889. The Morgan fingerprint density at radius 1 is 1.29 bits per heavy atom. The van der Waals surface area contributed by atoms with Crippen LogP contribution in [0, 0.1) is 5.82 Å². The van der Waals surface area contributed by atoms with Gasteiger partial charge in [0.15, 0.2) is 0 Å². The van der Waals surface area contributed by atoms with Crippen molar-refractivity contribution >= 4 is 11.8 Å². The van der Waals surface area contributed by atoms with E-state index in [-0.39, 0.29) is 5.82 Å². The standard InChI is InChI=1S/C14H16FN5S/c15-12-2-1-3-13(11(12)8-16-9-4-5-9)21-14-17-18-19-20(14)10-6-7-10/h1-3,9-10,16H,4-8H2. The molecule has 2 saturated carbocycles. The highest BCUT2D eigenvalue weighted by Gasteiger charge is 2.28. The summed E-state index contributed by atoms with van der Waals surface area (Å²) in [5.41, 5.74) is 0.708. The summed E-state index contributed by atoms with van der Waals surface area (Å²) < 4.78 is 16.0. The van der Waals surface area contributed by atoms with Crippen LogP contribution in [0.3, 0.4) is 0 Å². The Bertz CT molecular complexity index is 651. The largest absolute Gasteiger partial charge is 0.310 e. The predicted octanol–water partition coefficient (Wildman–Crippen LogP) is 2.55. The highest BCUT2D eigenvalue weighted by molar-refractivity contribution is 7.99. The molecular weight excluding hydrogens is 289 g/mol. The SMILES string of the molecule is Fc1cccc(Sc2nnnn2C2CC2)c1CNC1CC1. The maximum atomic E-state index is 14.1. The zero-order chi connectivity index (χ0) is 14.2. The van der Waals surface area contributed by atoms with Gasteiger partial charge in [0.1, 0.15) is 5.82 Å². The van der Waals surface area contributed by atoms with Crippen molar-refractivity contribution in [3.05, 3.63) is 29.6 Å². The van der Waals surface area contributed by atoms with Gasteiger partial charge in [-0.05, 0) is 60.0 Å². The molecule has 1 aromatic heterocycles. The molecule has 7 heteroatoms. The van der Waals surface area contributed by atoms with Crippen molar-refractivity contribution in [3.63, 3.8) is 0 Å². The Kier molecular flexibility index (Phi) is 3.39. The monoisotopic (exact) mass is 305 g/mol. The molecule has 5 nitrogen and oxygen atoms in total. The summed E-state index contributed by atoms with van der Waals surface area (Å²) in [6.45, 7) is 0.560. The summed E-state index contributed by atoms with van der Waals surface area (Å²) in [5.74, 6) is -0.168. The van der Waals surface area contributed by atoms with E-state index in [0.29, 0.717) is 24.2 Å². The van der Waals surface area contributed by atoms with Gasteiger partial charge in [-0.3, -0.25) is 0 Å². The number of rotatable bonds is 6. The number of hydrogen-bond donors (Lipinski definition) is 1. The molecule has 2 aliphatic carbocycles. The van der Waals surface area contributed by atoms with E-state index in [1.165, 1.54) is 30.7 Å². The molecule has 0 amide bonds. The lowest BCUT2D eigenvalue weighted by Crippen LogP contribution is -2.17. The molecule has 2 aromatic rings. The Labute approximate surface area is 126 Å². The predicted molar refractivity (Wildman–Crippen MR) is 76.5 cm³/mol. The minimum Gasteiger partial charge on any atom is -0.310 e. The second kappa shape index (κ2) is 5.38. The van der Waals surface area contributed by atoms with Crippen LogP contribution in [-0.4, -0.2) is 26.2 Å². The minimum absolute atomic E-state index is 0.168. The maximum absolute atomic E-state index is 14.1. The molecular formula is C14H16FN5S. The van der Waals surface area contributed by atoms with Crippen LogP contribution in [0.15, 0.2) is 28.3 Å². The number of tetrazole rings is 1. The third kappa shape index (κ3) is 2.94. The summed E-state index contributed by atoms with van der Waals surface area (Å²) >= 11 is 1.45. The van der Waals surface area contributed by atoms with Crippen LogP contribution in [-0.2, 0) is 6.54 Å². The second-order valence-corrected chi connectivity index (χ2v) is 6.62. The Morgan fingerprint density at radius 3 is 2.90 bits per heavy atom. The molecule has 0 atom stereocenters. The van der Waals surface area contributed by atoms with E-state index in [2.05, 4.69) is 20.8 Å². The lowest BCUT2D eigenvalue weighted by Gasteiger charge is -2.10. The van der Waals surface area contributed by atoms with Crippen molar-refractivity contribution < 1.29 is 4.39 Å². The van der Waals surface area contributed by atoms with E-state index in [4.69, 9.17) is 0 Å². The zero-order valence-electron chi connectivity index (χ0n) is 11.5. The van der Waals surface area contributed by atoms with Gasteiger partial charge in [-0.1, -0.05) is 6.07 Å². The van der Waals surface area contributed by atoms with Gasteiger partial charge in [0.25, 0.3) is 0 Å². The van der Waals surface area contributed by atoms with E-state index in [0.717, 1.165) is 22.9 Å². The average Bonchev–Trinajstić information content (AvgIpc) is 3.39. The highest BCUT2D eigenvalue weighted by atomic mass is 32.2. The average molecular weight is 305 g/mol. The van der Waals surface area contributed by atoms with Crippen LogP contribution in [0.2, 0.25) is 0 Å². The number of halogens is 1. The summed E-state index contributed by atoms with van der Waals surface area (Å²) in [6.07, 6.45) is 4.63. The Balaban J connectivity index is 1.57. The van der Waals surface area contributed by atoms with Crippen molar-refractivity contribution in [2.24, 2.45) is 0 Å². The molecule has 0 bridgehead atoms. The smallest absolute Gasteiger partial charge is 0.214 e. The first-order valence-corrected chi connectivity index (χ1v) is 8.09. The molecule has 0 unspecified atom stereocenters. The number of benzene rings is 1. The van der Waals surface area contributed by atoms with Gasteiger partial charge in [-0.2, -0.15) is 0 Å². The van der Waals surface area contributed by atoms with Crippen LogP contribution in [0.5, 0.6) is 0 Å². The molecule has 0 spiro atoms. The van der Waals surface area contributed by atoms with Crippen LogP contribution in [0.25, 0.3) is 0 Å². The Hall–Kier alpha value is -1.47. The van der Waals surface area contributed by atoms with E-state index in [9.17, 15) is 4.39 Å². The van der Waals surface area contributed by atoms with Gasteiger partial charge in [0.05, 0.1) is 6.04 Å². The molecule has 1 N–H and O–H groups in total. The zero-order valence-corrected chi connectivity index (χ0v) is 12.3. The first kappa shape index (κ1) is 13.2. The van der Waals surface area contributed by atoms with E-state index >= 15 is 0 Å². The first-order chi connectivity index (χ1) is 10.3. The van der Waals surface area contributed by atoms with Crippen LogP contribution >= 0.6 is 11.8 Å². The second-order valence-electron chi connectivity index (χ2n) is 5.61. The third-order valence-electron chi connectivity index (χ3n) is 3.78. The lowest BCUT2D eigenvalue weighted by atomic mass is 10.2. The number of nitrogens with one attached hydrogen (secondary N) is 1. The van der Waals surface area contributed by atoms with Crippen molar-refractivity contribution in [1.29, 1.82) is 0 Å². The molecule has 1 heterocycles. The number of nitrogens with zero attached hydrogens (tertiary/aromatic N) is 4. The summed E-state index contributed by atoms with van der Waals surface area (Å²) in [7, 11) is 0. The van der Waals surface area contributed by atoms with Gasteiger partial charge >= 0.3 is 0 Å². The number of aromatic nitrogens is 4. The summed E-state index contributed by atoms with van der Waals surface area (Å²) in [6, 6.07) is 6.16. The number of hydrogen-bond acceptors (Lipinski definition) is 5.